The Morgan fingerprint density at radius 1 is 1.00 bits per heavy atom. The molecule has 0 spiro atoms. The summed E-state index contributed by atoms with van der Waals surface area (Å²) in [6, 6.07) is 9.97. The van der Waals surface area contributed by atoms with E-state index in [-0.39, 0.29) is 0 Å². The van der Waals surface area contributed by atoms with Crippen molar-refractivity contribution in [1.82, 2.24) is 9.97 Å². The third kappa shape index (κ3) is 0.893. The monoisotopic (exact) mass is 183 g/mol. The quantitative estimate of drug-likeness (QED) is 0.561. The van der Waals surface area contributed by atoms with Gasteiger partial charge >= 0.3 is 0 Å². The number of hydrogen-bond acceptors (Lipinski definition) is 2. The lowest BCUT2D eigenvalue weighted by molar-refractivity contribution is 1.40. The van der Waals surface area contributed by atoms with Crippen LogP contribution in [0.25, 0.3) is 21.8 Å². The van der Waals surface area contributed by atoms with Gasteiger partial charge in [-0.05, 0) is 18.2 Å². The maximum atomic E-state index is 5.70. The molecule has 0 bridgehead atoms. The van der Waals surface area contributed by atoms with Crippen molar-refractivity contribution in [3.8, 4) is 0 Å². The summed E-state index contributed by atoms with van der Waals surface area (Å²) >= 11 is 0. The van der Waals surface area contributed by atoms with E-state index in [1.807, 2.05) is 18.2 Å². The van der Waals surface area contributed by atoms with Crippen LogP contribution in [0.4, 0.5) is 5.82 Å². The third-order valence-electron chi connectivity index (χ3n) is 2.41. The molecular formula is C11H9N3. The van der Waals surface area contributed by atoms with E-state index in [9.17, 15) is 0 Å². The highest BCUT2D eigenvalue weighted by Gasteiger charge is 2.01. The van der Waals surface area contributed by atoms with Crippen molar-refractivity contribution in [3.63, 3.8) is 0 Å². The third-order valence-corrected chi connectivity index (χ3v) is 2.41. The second kappa shape index (κ2) is 2.48. The topological polar surface area (TPSA) is 54.7 Å². The van der Waals surface area contributed by atoms with Gasteiger partial charge in [0, 0.05) is 17.0 Å². The molecule has 0 radical (unpaired) electrons. The molecule has 3 aromatic rings. The number of benzene rings is 1. The maximum Gasteiger partial charge on any atom is 0.101 e. The minimum Gasteiger partial charge on any atom is -0.385 e. The summed E-state index contributed by atoms with van der Waals surface area (Å²) in [5, 5.41) is 2.27. The van der Waals surface area contributed by atoms with Gasteiger partial charge in [0.25, 0.3) is 0 Å². The molecule has 1 aromatic carbocycles. The average molecular weight is 183 g/mol. The number of nitrogens with one attached hydrogen (secondary N) is 1. The molecule has 0 amide bonds. The van der Waals surface area contributed by atoms with Crippen LogP contribution in [0.2, 0.25) is 0 Å². The Kier molecular flexibility index (Phi) is 1.31. The molecular weight excluding hydrogens is 174 g/mol. The Labute approximate surface area is 80.6 Å². The van der Waals surface area contributed by atoms with Gasteiger partial charge in [-0.15, -0.1) is 0 Å². The predicted octanol–water partition coefficient (Wildman–Crippen LogP) is 2.30. The Bertz CT molecular complexity index is 610. The number of H-pyrrole nitrogens is 1. The molecule has 0 aliphatic heterocycles. The van der Waals surface area contributed by atoms with Crippen LogP contribution in [0, 0.1) is 0 Å². The SMILES string of the molecule is Nc1ccc2ccc3ccnc3c2[nH]1. The molecule has 0 unspecified atom stereocenters. The normalized spacial score (nSPS) is 11.1. The molecule has 3 N–H and O–H groups in total. The number of aromatic nitrogens is 2. The molecule has 14 heavy (non-hydrogen) atoms. The van der Waals surface area contributed by atoms with E-state index >= 15 is 0 Å². The molecule has 0 saturated carbocycles. The molecule has 2 aromatic heterocycles. The number of pyridine rings is 1. The fourth-order valence-electron chi connectivity index (χ4n) is 1.72. The van der Waals surface area contributed by atoms with Crippen molar-refractivity contribution >= 4 is 27.6 Å². The van der Waals surface area contributed by atoms with Gasteiger partial charge in [0.1, 0.15) is 5.82 Å². The Balaban J connectivity index is 2.60. The number of nitrogen functional groups attached to an aromatic ring is 1. The molecule has 3 nitrogen and oxygen atoms in total. The maximum absolute atomic E-state index is 5.70. The standard InChI is InChI=1S/C11H9N3/c12-9-4-3-7-1-2-8-5-6-13-10(8)11(7)14-9/h1-6,14H,12H2. The van der Waals surface area contributed by atoms with Crippen LogP contribution in [0.3, 0.4) is 0 Å². The number of fused-ring (bicyclic) bond motifs is 3. The van der Waals surface area contributed by atoms with Gasteiger partial charge in [0.2, 0.25) is 0 Å². The van der Waals surface area contributed by atoms with E-state index < -0.39 is 0 Å². The molecule has 0 atom stereocenters. The Hall–Kier alpha value is -2.03. The van der Waals surface area contributed by atoms with Gasteiger partial charge in [-0.25, -0.2) is 0 Å². The molecule has 0 aliphatic rings. The summed E-state index contributed by atoms with van der Waals surface area (Å²) in [5.41, 5.74) is 7.69. The molecule has 0 aliphatic carbocycles. The zero-order valence-corrected chi connectivity index (χ0v) is 7.49. The van der Waals surface area contributed by atoms with E-state index in [0.717, 1.165) is 21.8 Å². The molecule has 3 rings (SSSR count). The van der Waals surface area contributed by atoms with Crippen molar-refractivity contribution in [1.29, 1.82) is 0 Å². The van der Waals surface area contributed by atoms with Gasteiger partial charge in [-0.1, -0.05) is 12.1 Å². The predicted molar refractivity (Wildman–Crippen MR) is 58.0 cm³/mol. The zero-order chi connectivity index (χ0) is 9.54. The largest absolute Gasteiger partial charge is 0.385 e. The van der Waals surface area contributed by atoms with Crippen LogP contribution in [0.15, 0.2) is 36.5 Å². The van der Waals surface area contributed by atoms with Crippen molar-refractivity contribution in [2.75, 3.05) is 5.73 Å². The van der Waals surface area contributed by atoms with Gasteiger partial charge in [-0.3, -0.25) is 4.98 Å². The first kappa shape index (κ1) is 7.38. The van der Waals surface area contributed by atoms with Crippen LogP contribution < -0.4 is 5.73 Å². The van der Waals surface area contributed by atoms with E-state index in [0.29, 0.717) is 5.82 Å². The van der Waals surface area contributed by atoms with Gasteiger partial charge in [-0.2, -0.15) is 0 Å². The summed E-state index contributed by atoms with van der Waals surface area (Å²) in [6.45, 7) is 0. The van der Waals surface area contributed by atoms with E-state index in [4.69, 9.17) is 5.73 Å². The zero-order valence-electron chi connectivity index (χ0n) is 7.49. The molecule has 2 heterocycles. The first-order valence-electron chi connectivity index (χ1n) is 4.46. The molecule has 0 fully saturated rings. The summed E-state index contributed by atoms with van der Waals surface area (Å²) in [6.07, 6.45) is 1.81. The minimum atomic E-state index is 0.660. The first-order chi connectivity index (χ1) is 6.84. The number of rotatable bonds is 0. The van der Waals surface area contributed by atoms with Gasteiger partial charge in [0.05, 0.1) is 11.0 Å². The van der Waals surface area contributed by atoms with Crippen LogP contribution in [0.1, 0.15) is 0 Å². The van der Waals surface area contributed by atoms with Crippen molar-refractivity contribution in [3.05, 3.63) is 36.5 Å². The lowest BCUT2D eigenvalue weighted by Gasteiger charge is -2.01. The lowest BCUT2D eigenvalue weighted by atomic mass is 10.1. The Morgan fingerprint density at radius 3 is 2.71 bits per heavy atom. The number of nitrogens with zero attached hydrogens (tertiary/aromatic N) is 1. The second-order valence-electron chi connectivity index (χ2n) is 3.33. The van der Waals surface area contributed by atoms with Crippen molar-refractivity contribution in [2.24, 2.45) is 0 Å². The number of nitrogens with two attached hydrogens (primary N) is 1. The average Bonchev–Trinajstić information content (AvgIpc) is 2.65. The van der Waals surface area contributed by atoms with E-state index in [1.165, 1.54) is 0 Å². The molecule has 0 saturated heterocycles. The van der Waals surface area contributed by atoms with E-state index in [1.54, 1.807) is 6.20 Å². The molecule has 3 heteroatoms. The summed E-state index contributed by atoms with van der Waals surface area (Å²) in [4.78, 5) is 7.44. The summed E-state index contributed by atoms with van der Waals surface area (Å²) < 4.78 is 0. The number of hydrogen-bond donors (Lipinski definition) is 2. The number of anilines is 1. The highest BCUT2D eigenvalue weighted by Crippen LogP contribution is 2.22. The number of aromatic amines is 1. The Morgan fingerprint density at radius 2 is 1.79 bits per heavy atom. The smallest absolute Gasteiger partial charge is 0.101 e. The summed E-state index contributed by atoms with van der Waals surface area (Å²) in [5.74, 6) is 0.660. The lowest BCUT2D eigenvalue weighted by Crippen LogP contribution is -1.89. The second-order valence-corrected chi connectivity index (χ2v) is 3.33. The minimum absolute atomic E-state index is 0.660. The summed E-state index contributed by atoms with van der Waals surface area (Å²) in [7, 11) is 0. The van der Waals surface area contributed by atoms with Crippen molar-refractivity contribution < 1.29 is 0 Å². The van der Waals surface area contributed by atoms with Crippen LogP contribution in [0.5, 0.6) is 0 Å². The van der Waals surface area contributed by atoms with E-state index in [2.05, 4.69) is 22.1 Å². The highest BCUT2D eigenvalue weighted by molar-refractivity contribution is 6.03. The van der Waals surface area contributed by atoms with Gasteiger partial charge < -0.3 is 10.7 Å². The van der Waals surface area contributed by atoms with Crippen molar-refractivity contribution in [2.45, 2.75) is 0 Å². The van der Waals surface area contributed by atoms with Crippen LogP contribution in [-0.2, 0) is 0 Å². The van der Waals surface area contributed by atoms with Crippen LogP contribution in [-0.4, -0.2) is 9.97 Å². The van der Waals surface area contributed by atoms with Crippen LogP contribution >= 0.6 is 0 Å². The van der Waals surface area contributed by atoms with Gasteiger partial charge in [0.15, 0.2) is 0 Å². The fraction of sp³-hybridized carbons (Fsp3) is 0. The fourth-order valence-corrected chi connectivity index (χ4v) is 1.72. The first-order valence-corrected chi connectivity index (χ1v) is 4.46. The molecule has 68 valence electrons. The highest BCUT2D eigenvalue weighted by atomic mass is 14.8.